The van der Waals surface area contributed by atoms with Gasteiger partial charge in [0, 0.05) is 23.6 Å². The predicted molar refractivity (Wildman–Crippen MR) is 108 cm³/mol. The standard InChI is InChI=1S/C18H20Cl2N2O4S/c1-12(18(23)21-11-13-4-5-14(19)10-17(13)20)26-16-8-6-15(7-9-16)22(2)27(3,24)25/h4-10,12H,11H2,1-3H3,(H,21,23)/t12-/m1/s1. The number of rotatable bonds is 7. The average molecular weight is 431 g/mol. The van der Waals surface area contributed by atoms with Crippen LogP contribution in [0.2, 0.25) is 10.0 Å². The van der Waals surface area contributed by atoms with E-state index in [1.165, 1.54) is 7.05 Å². The van der Waals surface area contributed by atoms with Crippen LogP contribution in [-0.4, -0.2) is 33.7 Å². The van der Waals surface area contributed by atoms with E-state index in [1.54, 1.807) is 49.4 Å². The monoisotopic (exact) mass is 430 g/mol. The third-order valence-corrected chi connectivity index (χ3v) is 5.64. The molecule has 146 valence electrons. The number of amides is 1. The molecule has 2 aromatic carbocycles. The van der Waals surface area contributed by atoms with Crippen molar-refractivity contribution in [3.05, 3.63) is 58.1 Å². The molecule has 1 amide bonds. The summed E-state index contributed by atoms with van der Waals surface area (Å²) >= 11 is 11.9. The maximum absolute atomic E-state index is 12.2. The van der Waals surface area contributed by atoms with Crippen molar-refractivity contribution in [1.82, 2.24) is 5.32 Å². The van der Waals surface area contributed by atoms with Gasteiger partial charge in [0.05, 0.1) is 11.9 Å². The van der Waals surface area contributed by atoms with Gasteiger partial charge in [-0.05, 0) is 48.9 Å². The summed E-state index contributed by atoms with van der Waals surface area (Å²) in [5.41, 5.74) is 1.24. The van der Waals surface area contributed by atoms with Gasteiger partial charge in [-0.3, -0.25) is 9.10 Å². The van der Waals surface area contributed by atoms with Crippen LogP contribution >= 0.6 is 23.2 Å². The first-order valence-electron chi connectivity index (χ1n) is 8.00. The topological polar surface area (TPSA) is 75.7 Å². The lowest BCUT2D eigenvalue weighted by molar-refractivity contribution is -0.127. The Labute approximate surface area is 169 Å². The number of carbonyl (C=O) groups excluding carboxylic acids is 1. The Morgan fingerprint density at radius 2 is 1.81 bits per heavy atom. The molecule has 9 heteroatoms. The molecule has 0 fully saturated rings. The fourth-order valence-electron chi connectivity index (χ4n) is 2.17. The van der Waals surface area contributed by atoms with E-state index < -0.39 is 16.1 Å². The summed E-state index contributed by atoms with van der Waals surface area (Å²) in [7, 11) is -1.87. The van der Waals surface area contributed by atoms with Crippen molar-refractivity contribution in [2.45, 2.75) is 19.6 Å². The Balaban J connectivity index is 1.94. The van der Waals surface area contributed by atoms with Gasteiger partial charge < -0.3 is 10.1 Å². The summed E-state index contributed by atoms with van der Waals surface area (Å²) in [5, 5.41) is 3.75. The Bertz CT molecular complexity index is 917. The van der Waals surface area contributed by atoms with E-state index in [2.05, 4.69) is 5.32 Å². The smallest absolute Gasteiger partial charge is 0.261 e. The van der Waals surface area contributed by atoms with Crippen molar-refractivity contribution in [2.75, 3.05) is 17.6 Å². The van der Waals surface area contributed by atoms with Crippen LogP contribution in [0, 0.1) is 0 Å². The number of ether oxygens (including phenoxy) is 1. The van der Waals surface area contributed by atoms with Crippen LogP contribution in [0.15, 0.2) is 42.5 Å². The van der Waals surface area contributed by atoms with E-state index in [4.69, 9.17) is 27.9 Å². The third-order valence-electron chi connectivity index (χ3n) is 3.85. The number of hydrogen-bond donors (Lipinski definition) is 1. The molecule has 27 heavy (non-hydrogen) atoms. The molecule has 0 aliphatic heterocycles. The van der Waals surface area contributed by atoms with Gasteiger partial charge in [0.2, 0.25) is 10.0 Å². The number of anilines is 1. The Hall–Kier alpha value is -1.96. The van der Waals surface area contributed by atoms with Gasteiger partial charge in [-0.15, -0.1) is 0 Å². The van der Waals surface area contributed by atoms with Crippen molar-refractivity contribution >= 4 is 44.8 Å². The number of halogens is 2. The normalized spacial score (nSPS) is 12.3. The fraction of sp³-hybridized carbons (Fsp3) is 0.278. The quantitative estimate of drug-likeness (QED) is 0.729. The lowest BCUT2D eigenvalue weighted by Gasteiger charge is -2.18. The largest absolute Gasteiger partial charge is 0.481 e. The SMILES string of the molecule is C[C@@H](Oc1ccc(N(C)S(C)(=O)=O)cc1)C(=O)NCc1ccc(Cl)cc1Cl. The summed E-state index contributed by atoms with van der Waals surface area (Å²) < 4.78 is 29.8. The van der Waals surface area contributed by atoms with E-state index in [-0.39, 0.29) is 12.5 Å². The molecule has 0 saturated heterocycles. The fourth-order valence-corrected chi connectivity index (χ4v) is 3.15. The highest BCUT2D eigenvalue weighted by molar-refractivity contribution is 7.92. The first kappa shape index (κ1) is 21.3. The molecule has 1 N–H and O–H groups in total. The molecule has 0 unspecified atom stereocenters. The number of benzene rings is 2. The zero-order chi connectivity index (χ0) is 20.2. The first-order valence-corrected chi connectivity index (χ1v) is 10.6. The summed E-state index contributed by atoms with van der Waals surface area (Å²) in [6, 6.07) is 11.5. The molecule has 2 aromatic rings. The third kappa shape index (κ3) is 6.02. The summed E-state index contributed by atoms with van der Waals surface area (Å²) in [4.78, 5) is 12.2. The second-order valence-electron chi connectivity index (χ2n) is 5.94. The Morgan fingerprint density at radius 3 is 2.37 bits per heavy atom. The Morgan fingerprint density at radius 1 is 1.19 bits per heavy atom. The molecule has 0 heterocycles. The van der Waals surface area contributed by atoms with Crippen LogP contribution in [0.5, 0.6) is 5.75 Å². The second kappa shape index (κ2) is 8.82. The van der Waals surface area contributed by atoms with Crippen LogP contribution in [-0.2, 0) is 21.4 Å². The van der Waals surface area contributed by atoms with Gasteiger partial charge >= 0.3 is 0 Å². The van der Waals surface area contributed by atoms with Crippen molar-refractivity contribution < 1.29 is 17.9 Å². The summed E-state index contributed by atoms with van der Waals surface area (Å²) in [6.07, 6.45) is 0.381. The average Bonchev–Trinajstić information content (AvgIpc) is 2.60. The van der Waals surface area contributed by atoms with Gasteiger partial charge in [0.1, 0.15) is 5.75 Å². The highest BCUT2D eigenvalue weighted by Gasteiger charge is 2.16. The van der Waals surface area contributed by atoms with Gasteiger partial charge in [-0.25, -0.2) is 8.42 Å². The molecule has 0 radical (unpaired) electrons. The molecule has 0 bridgehead atoms. The summed E-state index contributed by atoms with van der Waals surface area (Å²) in [5.74, 6) is 0.145. The minimum atomic E-state index is -3.34. The highest BCUT2D eigenvalue weighted by Crippen LogP contribution is 2.22. The second-order valence-corrected chi connectivity index (χ2v) is 8.80. The molecule has 1 atom stereocenters. The highest BCUT2D eigenvalue weighted by atomic mass is 35.5. The van der Waals surface area contributed by atoms with Crippen molar-refractivity contribution in [3.63, 3.8) is 0 Å². The molecular weight excluding hydrogens is 411 g/mol. The molecule has 0 spiro atoms. The maximum atomic E-state index is 12.2. The van der Waals surface area contributed by atoms with E-state index in [0.717, 1.165) is 16.1 Å². The van der Waals surface area contributed by atoms with Crippen molar-refractivity contribution in [2.24, 2.45) is 0 Å². The molecule has 0 aromatic heterocycles. The minimum absolute atomic E-state index is 0.251. The van der Waals surface area contributed by atoms with E-state index in [9.17, 15) is 13.2 Å². The molecular formula is C18H20Cl2N2O4S. The molecule has 0 aliphatic rings. The van der Waals surface area contributed by atoms with E-state index in [1.807, 2.05) is 0 Å². The van der Waals surface area contributed by atoms with Gasteiger partial charge in [0.25, 0.3) is 5.91 Å². The van der Waals surface area contributed by atoms with Crippen LogP contribution in [0.1, 0.15) is 12.5 Å². The minimum Gasteiger partial charge on any atom is -0.481 e. The number of sulfonamides is 1. The van der Waals surface area contributed by atoms with Crippen LogP contribution < -0.4 is 14.4 Å². The van der Waals surface area contributed by atoms with Gasteiger partial charge in [-0.2, -0.15) is 0 Å². The molecule has 0 aliphatic carbocycles. The van der Waals surface area contributed by atoms with Crippen LogP contribution in [0.25, 0.3) is 0 Å². The van der Waals surface area contributed by atoms with Gasteiger partial charge in [0.15, 0.2) is 6.10 Å². The predicted octanol–water partition coefficient (Wildman–Crippen LogP) is 3.47. The first-order chi connectivity index (χ1) is 12.6. The van der Waals surface area contributed by atoms with E-state index >= 15 is 0 Å². The zero-order valence-corrected chi connectivity index (χ0v) is 17.4. The molecule has 0 saturated carbocycles. The number of carbonyl (C=O) groups is 1. The zero-order valence-electron chi connectivity index (χ0n) is 15.1. The lowest BCUT2D eigenvalue weighted by Crippen LogP contribution is -2.36. The summed E-state index contributed by atoms with van der Waals surface area (Å²) in [6.45, 7) is 1.87. The maximum Gasteiger partial charge on any atom is 0.261 e. The van der Waals surface area contributed by atoms with E-state index in [0.29, 0.717) is 21.5 Å². The molecule has 2 rings (SSSR count). The van der Waals surface area contributed by atoms with Crippen LogP contribution in [0.3, 0.4) is 0 Å². The Kier molecular flexibility index (Phi) is 6.97. The number of nitrogens with one attached hydrogen (secondary N) is 1. The van der Waals surface area contributed by atoms with Crippen molar-refractivity contribution in [3.8, 4) is 5.75 Å². The molecule has 6 nitrogen and oxygen atoms in total. The van der Waals surface area contributed by atoms with Crippen molar-refractivity contribution in [1.29, 1.82) is 0 Å². The van der Waals surface area contributed by atoms with Gasteiger partial charge in [-0.1, -0.05) is 29.3 Å². The lowest BCUT2D eigenvalue weighted by atomic mass is 10.2. The number of nitrogens with zero attached hydrogens (tertiary/aromatic N) is 1. The number of hydrogen-bond acceptors (Lipinski definition) is 4. The van der Waals surface area contributed by atoms with Crippen LogP contribution in [0.4, 0.5) is 5.69 Å².